The molecule has 150 valence electrons. The maximum atomic E-state index is 13.5. The molecule has 28 heavy (non-hydrogen) atoms. The summed E-state index contributed by atoms with van der Waals surface area (Å²) in [5.74, 6) is 0.533. The SMILES string of the molecule is COc1ccc(F)cc1C[NH+]1CC[NH+](CC(=O)NCc2cccc(Cl)c2)CC1. The molecule has 1 saturated heterocycles. The van der Waals surface area contributed by atoms with Gasteiger partial charge in [-0.3, -0.25) is 4.79 Å². The summed E-state index contributed by atoms with van der Waals surface area (Å²) < 4.78 is 18.9. The van der Waals surface area contributed by atoms with Crippen molar-refractivity contribution in [2.24, 2.45) is 0 Å². The summed E-state index contributed by atoms with van der Waals surface area (Å²) in [5, 5.41) is 3.63. The number of rotatable bonds is 7. The van der Waals surface area contributed by atoms with Crippen molar-refractivity contribution in [2.75, 3.05) is 39.8 Å². The zero-order valence-electron chi connectivity index (χ0n) is 16.1. The van der Waals surface area contributed by atoms with Gasteiger partial charge in [0.15, 0.2) is 6.54 Å². The summed E-state index contributed by atoms with van der Waals surface area (Å²) in [6.45, 7) is 5.40. The second kappa shape index (κ2) is 9.87. The Kier molecular flexibility index (Phi) is 7.25. The molecule has 0 saturated carbocycles. The van der Waals surface area contributed by atoms with Crippen LogP contribution < -0.4 is 19.9 Å². The van der Waals surface area contributed by atoms with Crippen molar-refractivity contribution < 1.29 is 23.7 Å². The van der Waals surface area contributed by atoms with Gasteiger partial charge in [0, 0.05) is 11.6 Å². The minimum absolute atomic E-state index is 0.0465. The average Bonchev–Trinajstić information content (AvgIpc) is 2.68. The molecule has 0 atom stereocenters. The van der Waals surface area contributed by atoms with Gasteiger partial charge in [-0.15, -0.1) is 0 Å². The van der Waals surface area contributed by atoms with Crippen molar-refractivity contribution in [3.63, 3.8) is 0 Å². The maximum Gasteiger partial charge on any atom is 0.275 e. The van der Waals surface area contributed by atoms with E-state index in [0.717, 1.165) is 49.6 Å². The van der Waals surface area contributed by atoms with Crippen LogP contribution in [-0.2, 0) is 17.9 Å². The summed E-state index contributed by atoms with van der Waals surface area (Å²) in [4.78, 5) is 14.9. The van der Waals surface area contributed by atoms with Gasteiger partial charge in [0.1, 0.15) is 44.3 Å². The topological polar surface area (TPSA) is 47.2 Å². The lowest BCUT2D eigenvalue weighted by Gasteiger charge is -2.29. The van der Waals surface area contributed by atoms with Crippen LogP contribution in [0.3, 0.4) is 0 Å². The standard InChI is InChI=1S/C21H25ClFN3O2/c1-28-20-6-5-19(23)12-17(20)14-25-7-9-26(10-8-25)15-21(27)24-13-16-3-2-4-18(22)11-16/h2-6,11-12H,7-10,13-15H2,1H3,(H,24,27)/p+2. The van der Waals surface area contributed by atoms with Gasteiger partial charge in [0.05, 0.1) is 12.7 Å². The number of quaternary nitrogens is 2. The van der Waals surface area contributed by atoms with Crippen LogP contribution in [0.5, 0.6) is 5.75 Å². The number of halogens is 2. The van der Waals surface area contributed by atoms with Crippen LogP contribution >= 0.6 is 11.6 Å². The van der Waals surface area contributed by atoms with Crippen LogP contribution in [0.25, 0.3) is 0 Å². The second-order valence-electron chi connectivity index (χ2n) is 7.22. The van der Waals surface area contributed by atoms with Gasteiger partial charge in [0.2, 0.25) is 0 Å². The number of nitrogens with one attached hydrogen (secondary N) is 3. The van der Waals surface area contributed by atoms with E-state index in [-0.39, 0.29) is 11.7 Å². The summed E-state index contributed by atoms with van der Waals surface area (Å²) in [7, 11) is 1.61. The summed E-state index contributed by atoms with van der Waals surface area (Å²) in [6, 6.07) is 12.1. The van der Waals surface area contributed by atoms with Crippen molar-refractivity contribution in [3.05, 3.63) is 64.4 Å². The molecule has 1 heterocycles. The van der Waals surface area contributed by atoms with Crippen LogP contribution in [0.2, 0.25) is 5.02 Å². The third-order valence-corrected chi connectivity index (χ3v) is 5.37. The molecule has 5 nitrogen and oxygen atoms in total. The largest absolute Gasteiger partial charge is 0.496 e. The number of methoxy groups -OCH3 is 1. The predicted octanol–water partition coefficient (Wildman–Crippen LogP) is 0.0875. The Morgan fingerprint density at radius 1 is 1.14 bits per heavy atom. The number of amides is 1. The molecular weight excluding hydrogens is 381 g/mol. The first-order chi connectivity index (χ1) is 13.5. The number of hydrogen-bond donors (Lipinski definition) is 3. The molecule has 0 aliphatic carbocycles. The normalized spacial score (nSPS) is 19.2. The van der Waals surface area contributed by atoms with E-state index in [0.29, 0.717) is 18.1 Å². The molecule has 0 unspecified atom stereocenters. The highest BCUT2D eigenvalue weighted by Gasteiger charge is 2.25. The van der Waals surface area contributed by atoms with E-state index < -0.39 is 0 Å². The first kappa shape index (κ1) is 20.6. The lowest BCUT2D eigenvalue weighted by atomic mass is 10.1. The lowest BCUT2D eigenvalue weighted by molar-refractivity contribution is -1.02. The first-order valence-corrected chi connectivity index (χ1v) is 9.92. The van der Waals surface area contributed by atoms with Gasteiger partial charge < -0.3 is 19.9 Å². The zero-order valence-corrected chi connectivity index (χ0v) is 16.8. The van der Waals surface area contributed by atoms with Crippen LogP contribution in [0, 0.1) is 5.82 Å². The highest BCUT2D eigenvalue weighted by atomic mass is 35.5. The molecule has 3 N–H and O–H groups in total. The van der Waals surface area contributed by atoms with E-state index in [1.807, 2.05) is 24.3 Å². The number of ether oxygens (including phenoxy) is 1. The predicted molar refractivity (Wildman–Crippen MR) is 106 cm³/mol. The van der Waals surface area contributed by atoms with Crippen molar-refractivity contribution in [1.82, 2.24) is 5.32 Å². The van der Waals surface area contributed by atoms with Crippen LogP contribution in [0.15, 0.2) is 42.5 Å². The van der Waals surface area contributed by atoms with Crippen molar-refractivity contribution in [3.8, 4) is 5.75 Å². The highest BCUT2D eigenvalue weighted by Crippen LogP contribution is 2.18. The summed E-state index contributed by atoms with van der Waals surface area (Å²) >= 11 is 5.97. The molecule has 7 heteroatoms. The van der Waals surface area contributed by atoms with Crippen LogP contribution in [-0.4, -0.2) is 45.7 Å². The second-order valence-corrected chi connectivity index (χ2v) is 7.65. The van der Waals surface area contributed by atoms with E-state index in [1.165, 1.54) is 15.9 Å². The molecule has 0 radical (unpaired) electrons. The van der Waals surface area contributed by atoms with Gasteiger partial charge in [-0.25, -0.2) is 4.39 Å². The molecule has 1 amide bonds. The molecule has 1 fully saturated rings. The molecule has 1 aliphatic heterocycles. The van der Waals surface area contributed by atoms with Gasteiger partial charge in [-0.05, 0) is 35.9 Å². The average molecular weight is 408 g/mol. The minimum atomic E-state index is -0.240. The summed E-state index contributed by atoms with van der Waals surface area (Å²) in [5.41, 5.74) is 1.88. The Bertz CT molecular complexity index is 810. The number of hydrogen-bond acceptors (Lipinski definition) is 2. The molecule has 1 aliphatic rings. The van der Waals surface area contributed by atoms with E-state index in [2.05, 4.69) is 5.32 Å². The van der Waals surface area contributed by atoms with E-state index in [4.69, 9.17) is 16.3 Å². The van der Waals surface area contributed by atoms with Gasteiger partial charge >= 0.3 is 0 Å². The fourth-order valence-electron chi connectivity index (χ4n) is 3.60. The zero-order chi connectivity index (χ0) is 19.9. The molecule has 0 aromatic heterocycles. The highest BCUT2D eigenvalue weighted by molar-refractivity contribution is 6.30. The molecular formula is C21H27ClFN3O2+2. The Labute approximate surface area is 170 Å². The minimum Gasteiger partial charge on any atom is -0.496 e. The van der Waals surface area contributed by atoms with Crippen molar-refractivity contribution in [1.29, 1.82) is 0 Å². The third kappa shape index (κ3) is 5.92. The molecule has 0 bridgehead atoms. The van der Waals surface area contributed by atoms with Gasteiger partial charge in [-0.2, -0.15) is 0 Å². The van der Waals surface area contributed by atoms with E-state index in [1.54, 1.807) is 19.2 Å². The fraction of sp³-hybridized carbons (Fsp3) is 0.381. The maximum absolute atomic E-state index is 13.5. The van der Waals surface area contributed by atoms with Crippen LogP contribution in [0.4, 0.5) is 4.39 Å². The molecule has 2 aromatic rings. The molecule has 3 rings (SSSR count). The Balaban J connectivity index is 1.42. The number of carbonyl (C=O) groups excluding carboxylic acids is 1. The van der Waals surface area contributed by atoms with Crippen LogP contribution in [0.1, 0.15) is 11.1 Å². The monoisotopic (exact) mass is 407 g/mol. The van der Waals surface area contributed by atoms with Gasteiger partial charge in [0.25, 0.3) is 5.91 Å². The smallest absolute Gasteiger partial charge is 0.275 e. The number of benzene rings is 2. The quantitative estimate of drug-likeness (QED) is 0.609. The van der Waals surface area contributed by atoms with E-state index in [9.17, 15) is 9.18 Å². The van der Waals surface area contributed by atoms with Crippen molar-refractivity contribution in [2.45, 2.75) is 13.1 Å². The fourth-order valence-corrected chi connectivity index (χ4v) is 3.82. The molecule has 0 spiro atoms. The number of carbonyl (C=O) groups is 1. The Morgan fingerprint density at radius 3 is 2.61 bits per heavy atom. The summed E-state index contributed by atoms with van der Waals surface area (Å²) in [6.07, 6.45) is 0. The first-order valence-electron chi connectivity index (χ1n) is 9.54. The molecule has 2 aromatic carbocycles. The Hall–Kier alpha value is -2.15. The lowest BCUT2D eigenvalue weighted by Crippen LogP contribution is -3.28. The number of piperazine rings is 1. The van der Waals surface area contributed by atoms with E-state index >= 15 is 0 Å². The van der Waals surface area contributed by atoms with Crippen molar-refractivity contribution >= 4 is 17.5 Å². The Morgan fingerprint density at radius 2 is 1.89 bits per heavy atom. The third-order valence-electron chi connectivity index (χ3n) is 5.14. The van der Waals surface area contributed by atoms with Gasteiger partial charge in [-0.1, -0.05) is 23.7 Å².